The number of ether oxygens (including phenoxy) is 2. The molecule has 1 aromatic carbocycles. The minimum Gasteiger partial charge on any atom is -0.486 e. The Labute approximate surface area is 115 Å². The Morgan fingerprint density at radius 3 is 2.74 bits per heavy atom. The second-order valence-corrected chi connectivity index (χ2v) is 5.53. The molecule has 19 heavy (non-hydrogen) atoms. The van der Waals surface area contributed by atoms with Crippen LogP contribution in [0.15, 0.2) is 18.2 Å². The Bertz CT molecular complexity index is 429. The minimum atomic E-state index is 0.446. The van der Waals surface area contributed by atoms with Crippen LogP contribution in [-0.2, 0) is 0 Å². The van der Waals surface area contributed by atoms with Gasteiger partial charge in [0.15, 0.2) is 11.5 Å². The van der Waals surface area contributed by atoms with Crippen LogP contribution < -0.4 is 14.8 Å². The van der Waals surface area contributed by atoms with E-state index in [1.54, 1.807) is 0 Å². The van der Waals surface area contributed by atoms with Gasteiger partial charge in [-0.1, -0.05) is 25.8 Å². The third-order valence-corrected chi connectivity index (χ3v) is 3.98. The van der Waals surface area contributed by atoms with Crippen molar-refractivity contribution >= 4 is 0 Å². The fourth-order valence-electron chi connectivity index (χ4n) is 2.72. The first kappa shape index (κ1) is 12.8. The molecule has 0 bridgehead atoms. The zero-order valence-corrected chi connectivity index (χ0v) is 11.7. The monoisotopic (exact) mass is 261 g/mol. The van der Waals surface area contributed by atoms with Crippen molar-refractivity contribution in [3.63, 3.8) is 0 Å². The van der Waals surface area contributed by atoms with Crippen LogP contribution in [0.25, 0.3) is 0 Å². The Balaban J connectivity index is 1.72. The third-order valence-electron chi connectivity index (χ3n) is 3.98. The Kier molecular flexibility index (Phi) is 3.92. The molecule has 1 unspecified atom stereocenters. The molecule has 0 radical (unpaired) electrons. The molecule has 1 aromatic rings. The van der Waals surface area contributed by atoms with Gasteiger partial charge in [0.25, 0.3) is 0 Å². The highest BCUT2D eigenvalue weighted by Crippen LogP contribution is 2.37. The van der Waals surface area contributed by atoms with Crippen LogP contribution >= 0.6 is 0 Å². The Hall–Kier alpha value is -1.22. The van der Waals surface area contributed by atoms with Gasteiger partial charge in [-0.25, -0.2) is 0 Å². The number of hydrogen-bond donors (Lipinski definition) is 1. The molecule has 0 saturated heterocycles. The first-order chi connectivity index (χ1) is 9.36. The number of hydrogen-bond acceptors (Lipinski definition) is 3. The molecular weight excluding hydrogens is 238 g/mol. The second-order valence-electron chi connectivity index (χ2n) is 5.53. The molecule has 3 nitrogen and oxygen atoms in total. The summed E-state index contributed by atoms with van der Waals surface area (Å²) in [6, 6.07) is 6.81. The summed E-state index contributed by atoms with van der Waals surface area (Å²) in [6.07, 6.45) is 5.42. The van der Waals surface area contributed by atoms with Gasteiger partial charge in [0.2, 0.25) is 0 Å². The van der Waals surface area contributed by atoms with E-state index in [-0.39, 0.29) is 0 Å². The molecule has 1 heterocycles. The summed E-state index contributed by atoms with van der Waals surface area (Å²) in [5.41, 5.74) is 1.33. The summed E-state index contributed by atoms with van der Waals surface area (Å²) in [6.45, 7) is 4.49. The standard InChI is InChI=1S/C16H23NO2/c1-2-17-14(7-5-12-3-4-12)13-6-8-15-16(11-13)19-10-9-18-15/h6,8,11-12,14,17H,2-5,7,9-10H2,1H3. The molecule has 1 fully saturated rings. The summed E-state index contributed by atoms with van der Waals surface area (Å²) < 4.78 is 11.3. The number of rotatable bonds is 6. The fourth-order valence-corrected chi connectivity index (χ4v) is 2.72. The molecular formula is C16H23NO2. The van der Waals surface area contributed by atoms with E-state index in [4.69, 9.17) is 9.47 Å². The van der Waals surface area contributed by atoms with Crippen LogP contribution in [0.4, 0.5) is 0 Å². The molecule has 104 valence electrons. The molecule has 1 aliphatic carbocycles. The lowest BCUT2D eigenvalue weighted by atomic mass is 9.99. The summed E-state index contributed by atoms with van der Waals surface area (Å²) in [7, 11) is 0. The first-order valence-corrected chi connectivity index (χ1v) is 7.49. The molecule has 3 rings (SSSR count). The van der Waals surface area contributed by atoms with Crippen molar-refractivity contribution in [3.05, 3.63) is 23.8 Å². The van der Waals surface area contributed by atoms with Crippen LogP contribution in [0, 0.1) is 5.92 Å². The lowest BCUT2D eigenvalue weighted by molar-refractivity contribution is 0.171. The number of nitrogens with one attached hydrogen (secondary N) is 1. The summed E-state index contributed by atoms with van der Waals surface area (Å²) in [4.78, 5) is 0. The van der Waals surface area contributed by atoms with Crippen molar-refractivity contribution in [3.8, 4) is 11.5 Å². The van der Waals surface area contributed by atoms with Gasteiger partial charge in [-0.3, -0.25) is 0 Å². The predicted octanol–water partition coefficient (Wildman–Crippen LogP) is 3.30. The van der Waals surface area contributed by atoms with E-state index in [1.165, 1.54) is 31.2 Å². The molecule has 0 aromatic heterocycles. The van der Waals surface area contributed by atoms with Crippen molar-refractivity contribution in [1.29, 1.82) is 0 Å². The lowest BCUT2D eigenvalue weighted by Gasteiger charge is -2.22. The largest absolute Gasteiger partial charge is 0.486 e. The van der Waals surface area contributed by atoms with E-state index in [0.717, 1.165) is 24.0 Å². The highest BCUT2D eigenvalue weighted by Gasteiger charge is 2.23. The van der Waals surface area contributed by atoms with Gasteiger partial charge in [-0.2, -0.15) is 0 Å². The zero-order chi connectivity index (χ0) is 13.1. The SMILES string of the molecule is CCNC(CCC1CC1)c1ccc2c(c1)OCCO2. The Morgan fingerprint density at radius 1 is 1.21 bits per heavy atom. The first-order valence-electron chi connectivity index (χ1n) is 7.49. The van der Waals surface area contributed by atoms with E-state index >= 15 is 0 Å². The highest BCUT2D eigenvalue weighted by atomic mass is 16.6. The second kappa shape index (κ2) is 5.83. The van der Waals surface area contributed by atoms with Crippen LogP contribution in [0.1, 0.15) is 44.2 Å². The maximum atomic E-state index is 5.68. The van der Waals surface area contributed by atoms with E-state index in [1.807, 2.05) is 6.07 Å². The van der Waals surface area contributed by atoms with Crippen molar-refractivity contribution in [2.24, 2.45) is 5.92 Å². The predicted molar refractivity (Wildman–Crippen MR) is 75.8 cm³/mol. The molecule has 1 atom stereocenters. The van der Waals surface area contributed by atoms with Gasteiger partial charge >= 0.3 is 0 Å². The summed E-state index contributed by atoms with van der Waals surface area (Å²) in [5.74, 6) is 2.77. The fraction of sp³-hybridized carbons (Fsp3) is 0.625. The van der Waals surface area contributed by atoms with Crippen molar-refractivity contribution in [2.45, 2.75) is 38.6 Å². The lowest BCUT2D eigenvalue weighted by Crippen LogP contribution is -2.22. The maximum Gasteiger partial charge on any atom is 0.161 e. The molecule has 1 saturated carbocycles. The molecule has 0 amide bonds. The third kappa shape index (κ3) is 3.21. The average molecular weight is 261 g/mol. The molecule has 0 spiro atoms. The van der Waals surface area contributed by atoms with Gasteiger partial charge in [0, 0.05) is 6.04 Å². The number of fused-ring (bicyclic) bond motifs is 1. The van der Waals surface area contributed by atoms with Gasteiger partial charge in [0.05, 0.1) is 0 Å². The van der Waals surface area contributed by atoms with E-state index in [9.17, 15) is 0 Å². The van der Waals surface area contributed by atoms with Crippen LogP contribution in [0.3, 0.4) is 0 Å². The molecule has 3 heteroatoms. The smallest absolute Gasteiger partial charge is 0.161 e. The van der Waals surface area contributed by atoms with Crippen LogP contribution in [0.2, 0.25) is 0 Å². The topological polar surface area (TPSA) is 30.5 Å². The van der Waals surface area contributed by atoms with Crippen molar-refractivity contribution in [1.82, 2.24) is 5.32 Å². The van der Waals surface area contributed by atoms with E-state index < -0.39 is 0 Å². The zero-order valence-electron chi connectivity index (χ0n) is 11.7. The van der Waals surface area contributed by atoms with Crippen LogP contribution in [-0.4, -0.2) is 19.8 Å². The van der Waals surface area contributed by atoms with E-state index in [2.05, 4.69) is 24.4 Å². The van der Waals surface area contributed by atoms with Gasteiger partial charge in [0.1, 0.15) is 13.2 Å². The maximum absolute atomic E-state index is 5.68. The molecule has 1 aliphatic heterocycles. The van der Waals surface area contributed by atoms with Gasteiger partial charge < -0.3 is 14.8 Å². The highest BCUT2D eigenvalue weighted by molar-refractivity contribution is 5.44. The minimum absolute atomic E-state index is 0.446. The number of benzene rings is 1. The van der Waals surface area contributed by atoms with Crippen LogP contribution in [0.5, 0.6) is 11.5 Å². The van der Waals surface area contributed by atoms with Crippen molar-refractivity contribution < 1.29 is 9.47 Å². The van der Waals surface area contributed by atoms with Crippen molar-refractivity contribution in [2.75, 3.05) is 19.8 Å². The Morgan fingerprint density at radius 2 is 2.00 bits per heavy atom. The average Bonchev–Trinajstić information content (AvgIpc) is 3.27. The van der Waals surface area contributed by atoms with Gasteiger partial charge in [-0.15, -0.1) is 0 Å². The van der Waals surface area contributed by atoms with E-state index in [0.29, 0.717) is 19.3 Å². The quantitative estimate of drug-likeness (QED) is 0.852. The summed E-state index contributed by atoms with van der Waals surface area (Å²) >= 11 is 0. The molecule has 1 N–H and O–H groups in total. The summed E-state index contributed by atoms with van der Waals surface area (Å²) in [5, 5.41) is 3.59. The molecule has 2 aliphatic rings. The normalized spacial score (nSPS) is 19.2. The van der Waals surface area contributed by atoms with Gasteiger partial charge in [-0.05, 0) is 43.0 Å².